The lowest BCUT2D eigenvalue weighted by molar-refractivity contribution is 0.0696. The lowest BCUT2D eigenvalue weighted by Gasteiger charge is -2.13. The molecule has 1 aliphatic rings. The van der Waals surface area contributed by atoms with Crippen molar-refractivity contribution >= 4 is 24.2 Å². The second-order valence-electron chi connectivity index (χ2n) is 3.30. The molecule has 0 radical (unpaired) electrons. The number of pyridine rings is 1. The molecule has 0 amide bonds. The molecule has 0 aromatic carbocycles. The van der Waals surface area contributed by atoms with Gasteiger partial charge in [-0.15, -0.1) is 12.4 Å². The fourth-order valence-electron chi connectivity index (χ4n) is 1.60. The number of hydrogen-bond donors (Lipinski definition) is 1. The van der Waals surface area contributed by atoms with E-state index in [0.29, 0.717) is 12.0 Å². The highest BCUT2D eigenvalue weighted by Gasteiger charge is 2.19. The van der Waals surface area contributed by atoms with E-state index < -0.39 is 5.97 Å². The second kappa shape index (κ2) is 4.40. The molecule has 5 heteroatoms. The highest BCUT2D eigenvalue weighted by molar-refractivity contribution is 6.00. The average Bonchev–Trinajstić information content (AvgIpc) is 2.18. The summed E-state index contributed by atoms with van der Waals surface area (Å²) in [5, 5.41) is 8.72. The molecule has 0 bridgehead atoms. The van der Waals surface area contributed by atoms with Gasteiger partial charge in [-0.2, -0.15) is 0 Å². The van der Waals surface area contributed by atoms with Crippen molar-refractivity contribution in [3.8, 4) is 0 Å². The van der Waals surface area contributed by atoms with E-state index >= 15 is 0 Å². The van der Waals surface area contributed by atoms with Crippen LogP contribution in [0.25, 0.3) is 0 Å². The summed E-state index contributed by atoms with van der Waals surface area (Å²) in [5.41, 5.74) is 1.29. The number of nitrogens with zero attached hydrogens (tertiary/aromatic N) is 1. The lowest BCUT2D eigenvalue weighted by Crippen LogP contribution is -2.14. The van der Waals surface area contributed by atoms with Crippen LogP contribution in [-0.2, 0) is 6.42 Å². The van der Waals surface area contributed by atoms with Gasteiger partial charge in [0, 0.05) is 18.2 Å². The molecular weight excluding hydrogens is 218 g/mol. The molecular formula is C10H10ClNO3. The van der Waals surface area contributed by atoms with Crippen LogP contribution >= 0.6 is 12.4 Å². The summed E-state index contributed by atoms with van der Waals surface area (Å²) in [6, 6.07) is 1.42. The molecule has 1 aromatic heterocycles. The smallest absolute Gasteiger partial charge is 0.337 e. The van der Waals surface area contributed by atoms with Gasteiger partial charge in [-0.1, -0.05) is 0 Å². The first-order chi connectivity index (χ1) is 6.68. The number of carboxylic acid groups (broad SMARTS) is 1. The SMILES string of the molecule is Cl.O=C(O)c1cnc2c(c1)C(=O)CCC2. The van der Waals surface area contributed by atoms with Crippen LogP contribution in [0, 0.1) is 0 Å². The summed E-state index contributed by atoms with van der Waals surface area (Å²) in [4.78, 5) is 26.1. The van der Waals surface area contributed by atoms with Gasteiger partial charge in [0.15, 0.2) is 5.78 Å². The fourth-order valence-corrected chi connectivity index (χ4v) is 1.60. The standard InChI is InChI=1S/C10H9NO3.ClH/c12-9-3-1-2-8-7(9)4-6(5-11-8)10(13)14;/h4-5H,1-3H2,(H,13,14);1H. The van der Waals surface area contributed by atoms with Crippen molar-refractivity contribution in [1.82, 2.24) is 4.98 Å². The van der Waals surface area contributed by atoms with Gasteiger partial charge in [-0.05, 0) is 18.9 Å². The van der Waals surface area contributed by atoms with E-state index in [-0.39, 0.29) is 23.8 Å². The third-order valence-corrected chi connectivity index (χ3v) is 2.33. The Kier molecular flexibility index (Phi) is 3.42. The van der Waals surface area contributed by atoms with E-state index in [2.05, 4.69) is 4.98 Å². The van der Waals surface area contributed by atoms with Crippen molar-refractivity contribution < 1.29 is 14.7 Å². The average molecular weight is 228 g/mol. The van der Waals surface area contributed by atoms with E-state index in [1.54, 1.807) is 0 Å². The third kappa shape index (κ3) is 2.15. The number of halogens is 1. The fraction of sp³-hybridized carbons (Fsp3) is 0.300. The lowest BCUT2D eigenvalue weighted by atomic mass is 9.94. The number of carboxylic acids is 1. The molecule has 4 nitrogen and oxygen atoms in total. The van der Waals surface area contributed by atoms with Crippen molar-refractivity contribution in [2.45, 2.75) is 19.3 Å². The predicted octanol–water partition coefficient (Wildman–Crippen LogP) is 1.72. The number of rotatable bonds is 1. The van der Waals surface area contributed by atoms with Crippen LogP contribution in [0.15, 0.2) is 12.3 Å². The van der Waals surface area contributed by atoms with Gasteiger partial charge in [0.2, 0.25) is 0 Å². The van der Waals surface area contributed by atoms with Crippen molar-refractivity contribution in [3.05, 3.63) is 29.1 Å². The van der Waals surface area contributed by atoms with Crippen LogP contribution < -0.4 is 0 Å². The maximum absolute atomic E-state index is 11.4. The maximum Gasteiger partial charge on any atom is 0.337 e. The van der Waals surface area contributed by atoms with Crippen LogP contribution in [0.5, 0.6) is 0 Å². The van der Waals surface area contributed by atoms with E-state index in [4.69, 9.17) is 5.11 Å². The summed E-state index contributed by atoms with van der Waals surface area (Å²) >= 11 is 0. The Morgan fingerprint density at radius 1 is 1.40 bits per heavy atom. The van der Waals surface area contributed by atoms with Crippen molar-refractivity contribution in [2.24, 2.45) is 0 Å². The monoisotopic (exact) mass is 227 g/mol. The van der Waals surface area contributed by atoms with E-state index in [9.17, 15) is 9.59 Å². The van der Waals surface area contributed by atoms with Crippen molar-refractivity contribution in [1.29, 1.82) is 0 Å². The van der Waals surface area contributed by atoms with Gasteiger partial charge in [-0.3, -0.25) is 9.78 Å². The first-order valence-electron chi connectivity index (χ1n) is 4.44. The Labute approximate surface area is 92.7 Å². The minimum absolute atomic E-state index is 0. The molecule has 15 heavy (non-hydrogen) atoms. The molecule has 0 saturated heterocycles. The number of hydrogen-bond acceptors (Lipinski definition) is 3. The molecule has 0 unspecified atom stereocenters. The van der Waals surface area contributed by atoms with E-state index in [0.717, 1.165) is 18.5 Å². The first kappa shape index (κ1) is 11.7. The van der Waals surface area contributed by atoms with Gasteiger partial charge >= 0.3 is 5.97 Å². The minimum Gasteiger partial charge on any atom is -0.478 e. The number of Topliss-reactive ketones (excluding diaryl/α,β-unsaturated/α-hetero) is 1. The van der Waals surface area contributed by atoms with Gasteiger partial charge < -0.3 is 5.11 Å². The molecule has 2 rings (SSSR count). The van der Waals surface area contributed by atoms with Gasteiger partial charge in [0.05, 0.1) is 11.3 Å². The number of aromatic nitrogens is 1. The van der Waals surface area contributed by atoms with E-state index in [1.165, 1.54) is 12.3 Å². The Bertz CT molecular complexity index is 417. The molecule has 0 atom stereocenters. The summed E-state index contributed by atoms with van der Waals surface area (Å²) < 4.78 is 0. The summed E-state index contributed by atoms with van der Waals surface area (Å²) in [6.07, 6.45) is 3.38. The molecule has 80 valence electrons. The quantitative estimate of drug-likeness (QED) is 0.793. The molecule has 1 aromatic rings. The molecule has 0 fully saturated rings. The summed E-state index contributed by atoms with van der Waals surface area (Å²) in [7, 11) is 0. The maximum atomic E-state index is 11.4. The van der Waals surface area contributed by atoms with Gasteiger partial charge in [0.1, 0.15) is 0 Å². The first-order valence-corrected chi connectivity index (χ1v) is 4.44. The van der Waals surface area contributed by atoms with Crippen LogP contribution in [0.3, 0.4) is 0 Å². The molecule has 0 aliphatic heterocycles. The number of aromatic carboxylic acids is 1. The minimum atomic E-state index is -1.04. The molecule has 0 spiro atoms. The van der Waals surface area contributed by atoms with Gasteiger partial charge in [-0.25, -0.2) is 4.79 Å². The zero-order valence-corrected chi connectivity index (χ0v) is 8.71. The largest absolute Gasteiger partial charge is 0.478 e. The summed E-state index contributed by atoms with van der Waals surface area (Å²) in [6.45, 7) is 0. The molecule has 1 heterocycles. The Morgan fingerprint density at radius 3 is 2.80 bits per heavy atom. The molecule has 1 aliphatic carbocycles. The number of fused-ring (bicyclic) bond motifs is 1. The number of ketones is 1. The van der Waals surface area contributed by atoms with E-state index in [1.807, 2.05) is 0 Å². The highest BCUT2D eigenvalue weighted by Crippen LogP contribution is 2.19. The second-order valence-corrected chi connectivity index (χ2v) is 3.30. The molecule has 1 N–H and O–H groups in total. The van der Waals surface area contributed by atoms with Crippen LogP contribution in [0.2, 0.25) is 0 Å². The summed E-state index contributed by atoms with van der Waals surface area (Å²) in [5.74, 6) is -1.04. The van der Waals surface area contributed by atoms with Crippen LogP contribution in [0.1, 0.15) is 39.3 Å². The Morgan fingerprint density at radius 2 is 2.13 bits per heavy atom. The number of carbonyl (C=O) groups excluding carboxylic acids is 1. The zero-order chi connectivity index (χ0) is 10.1. The Balaban J connectivity index is 0.00000112. The third-order valence-electron chi connectivity index (χ3n) is 2.33. The van der Waals surface area contributed by atoms with Crippen molar-refractivity contribution in [2.75, 3.05) is 0 Å². The van der Waals surface area contributed by atoms with Crippen LogP contribution in [-0.4, -0.2) is 21.8 Å². The Hall–Kier alpha value is -1.42. The topological polar surface area (TPSA) is 67.3 Å². The zero-order valence-electron chi connectivity index (χ0n) is 7.90. The number of aryl methyl sites for hydroxylation is 1. The normalized spacial score (nSPS) is 14.0. The van der Waals surface area contributed by atoms with Gasteiger partial charge in [0.25, 0.3) is 0 Å². The number of carbonyl (C=O) groups is 2. The molecule has 0 saturated carbocycles. The van der Waals surface area contributed by atoms with Crippen LogP contribution in [0.4, 0.5) is 0 Å². The predicted molar refractivity (Wildman–Crippen MR) is 55.7 cm³/mol. The highest BCUT2D eigenvalue weighted by atomic mass is 35.5. The van der Waals surface area contributed by atoms with Crippen molar-refractivity contribution in [3.63, 3.8) is 0 Å².